The van der Waals surface area contributed by atoms with Crippen LogP contribution in [0.25, 0.3) is 0 Å². The fourth-order valence-corrected chi connectivity index (χ4v) is 1.41. The molecule has 0 saturated heterocycles. The summed E-state index contributed by atoms with van der Waals surface area (Å²) in [6, 6.07) is 0.410. The molecule has 17 heavy (non-hydrogen) atoms. The minimum atomic E-state index is -1.09. The molecule has 0 aliphatic heterocycles. The van der Waals surface area contributed by atoms with Crippen LogP contribution in [0, 0.1) is 5.92 Å². The predicted molar refractivity (Wildman–Crippen MR) is 64.3 cm³/mol. The third-order valence-corrected chi connectivity index (χ3v) is 2.40. The van der Waals surface area contributed by atoms with Crippen LogP contribution < -0.4 is 5.32 Å². The number of carbonyl (C=O) groups is 1. The molecule has 1 aromatic heterocycles. The molecule has 0 aromatic carbocycles. The molecule has 6 nitrogen and oxygen atoms in total. The molecule has 0 aliphatic carbocycles. The molecule has 1 rings (SSSR count). The van der Waals surface area contributed by atoms with Crippen LogP contribution in [0.3, 0.4) is 0 Å². The number of anilines is 1. The average molecular weight is 241 g/mol. The average Bonchev–Trinajstić information content (AvgIpc) is 2.64. The molecule has 6 heteroatoms. The molecule has 1 unspecified atom stereocenters. The Morgan fingerprint density at radius 2 is 2.24 bits per heavy atom. The number of hydrogen-bond acceptors (Lipinski definition) is 5. The second-order valence-corrected chi connectivity index (χ2v) is 4.60. The fourth-order valence-electron chi connectivity index (χ4n) is 1.41. The Kier molecular flexibility index (Phi) is 4.51. The lowest BCUT2D eigenvalue weighted by Gasteiger charge is -2.24. The zero-order valence-corrected chi connectivity index (χ0v) is 10.6. The summed E-state index contributed by atoms with van der Waals surface area (Å²) in [7, 11) is 3.96. The Hall–Kier alpha value is -1.56. The molecule has 0 radical (unpaired) electrons. The first-order valence-electron chi connectivity index (χ1n) is 5.50. The van der Waals surface area contributed by atoms with E-state index in [4.69, 9.17) is 9.52 Å². The molecule has 0 bridgehead atoms. The van der Waals surface area contributed by atoms with Crippen LogP contribution in [0.1, 0.15) is 24.3 Å². The standard InChI is InChI=1S/C11H19N3O3/c1-7(2)8(5-14(3)4)12-11-13-9(6-17-11)10(15)16/h6-8H,5H2,1-4H3,(H,12,13)(H,15,16). The number of likely N-dealkylation sites (N-methyl/N-ethyl adjacent to an activating group) is 1. The number of oxazole rings is 1. The van der Waals surface area contributed by atoms with Crippen molar-refractivity contribution in [2.45, 2.75) is 19.9 Å². The number of carboxylic acid groups (broad SMARTS) is 1. The van der Waals surface area contributed by atoms with E-state index in [1.807, 2.05) is 14.1 Å². The van der Waals surface area contributed by atoms with Crippen molar-refractivity contribution < 1.29 is 14.3 Å². The number of hydrogen-bond donors (Lipinski definition) is 2. The molecule has 1 aromatic rings. The van der Waals surface area contributed by atoms with Crippen LogP contribution in [0.5, 0.6) is 0 Å². The summed E-state index contributed by atoms with van der Waals surface area (Å²) in [6.45, 7) is 4.99. The molecule has 96 valence electrons. The number of nitrogens with zero attached hydrogens (tertiary/aromatic N) is 2. The maximum Gasteiger partial charge on any atom is 0.357 e. The monoisotopic (exact) mass is 241 g/mol. The van der Waals surface area contributed by atoms with Crippen molar-refractivity contribution in [3.63, 3.8) is 0 Å². The van der Waals surface area contributed by atoms with Crippen molar-refractivity contribution in [3.05, 3.63) is 12.0 Å². The lowest BCUT2D eigenvalue weighted by molar-refractivity contribution is 0.0690. The van der Waals surface area contributed by atoms with Crippen molar-refractivity contribution in [1.82, 2.24) is 9.88 Å². The van der Waals surface area contributed by atoms with Crippen LogP contribution in [-0.2, 0) is 0 Å². The van der Waals surface area contributed by atoms with E-state index in [0.717, 1.165) is 12.8 Å². The van der Waals surface area contributed by atoms with Gasteiger partial charge in [-0.1, -0.05) is 13.8 Å². The van der Waals surface area contributed by atoms with E-state index in [1.165, 1.54) is 0 Å². The highest BCUT2D eigenvalue weighted by Gasteiger charge is 2.18. The first-order valence-corrected chi connectivity index (χ1v) is 5.50. The lowest BCUT2D eigenvalue weighted by Crippen LogP contribution is -2.36. The molecule has 0 saturated carbocycles. The van der Waals surface area contributed by atoms with Crippen LogP contribution in [0.4, 0.5) is 6.01 Å². The smallest absolute Gasteiger partial charge is 0.357 e. The fraction of sp³-hybridized carbons (Fsp3) is 0.636. The Balaban J connectivity index is 2.68. The minimum absolute atomic E-state index is 0.0835. The Bertz CT molecular complexity index is 374. The first kappa shape index (κ1) is 13.5. The number of aromatic carboxylic acids is 1. The highest BCUT2D eigenvalue weighted by atomic mass is 16.4. The van der Waals surface area contributed by atoms with Crippen molar-refractivity contribution in [2.24, 2.45) is 5.92 Å². The number of aromatic nitrogens is 1. The summed E-state index contributed by atoms with van der Waals surface area (Å²) in [6.07, 6.45) is 1.14. The topological polar surface area (TPSA) is 78.6 Å². The van der Waals surface area contributed by atoms with Crippen molar-refractivity contribution in [3.8, 4) is 0 Å². The zero-order chi connectivity index (χ0) is 13.0. The number of carboxylic acids is 1. The van der Waals surface area contributed by atoms with Crippen LogP contribution in [0.15, 0.2) is 10.7 Å². The second-order valence-electron chi connectivity index (χ2n) is 4.60. The number of nitrogens with one attached hydrogen (secondary N) is 1. The Morgan fingerprint density at radius 3 is 2.65 bits per heavy atom. The molecule has 1 heterocycles. The normalized spacial score (nSPS) is 13.1. The molecule has 1 atom stereocenters. The van der Waals surface area contributed by atoms with Gasteiger partial charge < -0.3 is 19.7 Å². The Morgan fingerprint density at radius 1 is 1.59 bits per heavy atom. The van der Waals surface area contributed by atoms with Crippen molar-refractivity contribution in [1.29, 1.82) is 0 Å². The van der Waals surface area contributed by atoms with Gasteiger partial charge in [-0.05, 0) is 20.0 Å². The maximum absolute atomic E-state index is 10.7. The summed E-state index contributed by atoms with van der Waals surface area (Å²) >= 11 is 0. The summed E-state index contributed by atoms with van der Waals surface area (Å²) in [4.78, 5) is 16.6. The molecule has 0 aliphatic rings. The molecular formula is C11H19N3O3. The SMILES string of the molecule is CC(C)C(CN(C)C)Nc1nc(C(=O)O)co1. The van der Waals surface area contributed by atoms with E-state index in [9.17, 15) is 4.79 Å². The van der Waals surface area contributed by atoms with Gasteiger partial charge in [0.05, 0.1) is 0 Å². The van der Waals surface area contributed by atoms with E-state index in [1.54, 1.807) is 0 Å². The van der Waals surface area contributed by atoms with Crippen molar-refractivity contribution in [2.75, 3.05) is 26.0 Å². The quantitative estimate of drug-likeness (QED) is 0.783. The van der Waals surface area contributed by atoms with Gasteiger partial charge in [-0.25, -0.2) is 4.79 Å². The molecule has 0 fully saturated rings. The van der Waals surface area contributed by atoms with E-state index in [-0.39, 0.29) is 17.8 Å². The maximum atomic E-state index is 10.7. The lowest BCUT2D eigenvalue weighted by atomic mass is 10.0. The molecule has 0 amide bonds. The second kappa shape index (κ2) is 5.67. The van der Waals surface area contributed by atoms with Gasteiger partial charge in [-0.15, -0.1) is 0 Å². The summed E-state index contributed by atoms with van der Waals surface area (Å²) in [5.74, 6) is -0.701. The first-order chi connectivity index (χ1) is 7.90. The molecular weight excluding hydrogens is 222 g/mol. The van der Waals surface area contributed by atoms with Crippen LogP contribution in [0.2, 0.25) is 0 Å². The molecule has 2 N–H and O–H groups in total. The van der Waals surface area contributed by atoms with Gasteiger partial charge >= 0.3 is 5.97 Å². The highest BCUT2D eigenvalue weighted by molar-refractivity contribution is 5.85. The third-order valence-electron chi connectivity index (χ3n) is 2.40. The van der Waals surface area contributed by atoms with Crippen molar-refractivity contribution >= 4 is 12.0 Å². The van der Waals surface area contributed by atoms with E-state index in [2.05, 4.69) is 29.0 Å². The van der Waals surface area contributed by atoms with Gasteiger partial charge in [0.2, 0.25) is 0 Å². The summed E-state index contributed by atoms with van der Waals surface area (Å²) in [5.41, 5.74) is -0.0835. The third kappa shape index (κ3) is 4.07. The van der Waals surface area contributed by atoms with Gasteiger partial charge in [-0.2, -0.15) is 4.98 Å². The van der Waals surface area contributed by atoms with Gasteiger partial charge in [0.1, 0.15) is 6.26 Å². The predicted octanol–water partition coefficient (Wildman–Crippen LogP) is 1.37. The van der Waals surface area contributed by atoms with E-state index >= 15 is 0 Å². The largest absolute Gasteiger partial charge is 0.476 e. The van der Waals surface area contributed by atoms with E-state index < -0.39 is 5.97 Å². The van der Waals surface area contributed by atoms with Gasteiger partial charge in [-0.3, -0.25) is 0 Å². The van der Waals surface area contributed by atoms with Crippen LogP contribution in [-0.4, -0.2) is 47.6 Å². The number of rotatable bonds is 6. The van der Waals surface area contributed by atoms with Gasteiger partial charge in [0.15, 0.2) is 5.69 Å². The molecule has 0 spiro atoms. The highest BCUT2D eigenvalue weighted by Crippen LogP contribution is 2.13. The van der Waals surface area contributed by atoms with E-state index in [0.29, 0.717) is 5.92 Å². The zero-order valence-electron chi connectivity index (χ0n) is 10.6. The summed E-state index contributed by atoms with van der Waals surface area (Å²) in [5, 5.41) is 11.8. The minimum Gasteiger partial charge on any atom is -0.476 e. The van der Waals surface area contributed by atoms with Crippen LogP contribution >= 0.6 is 0 Å². The summed E-state index contributed by atoms with van der Waals surface area (Å²) < 4.78 is 5.07. The van der Waals surface area contributed by atoms with Gasteiger partial charge in [0.25, 0.3) is 6.01 Å². The van der Waals surface area contributed by atoms with Gasteiger partial charge in [0, 0.05) is 12.6 Å². The Labute approximate surface area is 101 Å².